The van der Waals surface area contributed by atoms with Crippen molar-refractivity contribution < 1.29 is 28.7 Å². The number of imide groups is 1. The number of ether oxygens (including phenoxy) is 2. The molecule has 176 valence electrons. The highest BCUT2D eigenvalue weighted by Crippen LogP contribution is 2.34. The quantitative estimate of drug-likeness (QED) is 0.649. The van der Waals surface area contributed by atoms with Crippen LogP contribution in [0.25, 0.3) is 0 Å². The van der Waals surface area contributed by atoms with E-state index in [1.54, 1.807) is 17.0 Å². The molecule has 0 bridgehead atoms. The number of benzene rings is 2. The van der Waals surface area contributed by atoms with Gasteiger partial charge in [-0.3, -0.25) is 24.5 Å². The van der Waals surface area contributed by atoms with Gasteiger partial charge in [0.25, 0.3) is 5.91 Å². The third-order valence-corrected chi connectivity index (χ3v) is 6.41. The molecule has 1 atom stereocenters. The van der Waals surface area contributed by atoms with E-state index in [1.165, 1.54) is 4.90 Å². The van der Waals surface area contributed by atoms with Crippen molar-refractivity contribution in [2.45, 2.75) is 38.6 Å². The second kappa shape index (κ2) is 9.26. The first kappa shape index (κ1) is 22.1. The van der Waals surface area contributed by atoms with Gasteiger partial charge < -0.3 is 19.3 Å². The van der Waals surface area contributed by atoms with Crippen LogP contribution in [0.15, 0.2) is 42.5 Å². The first-order valence-corrected chi connectivity index (χ1v) is 11.3. The summed E-state index contributed by atoms with van der Waals surface area (Å²) >= 11 is 0. The number of piperidine rings is 1. The van der Waals surface area contributed by atoms with Gasteiger partial charge in [0, 0.05) is 30.6 Å². The van der Waals surface area contributed by atoms with Gasteiger partial charge in [0.05, 0.1) is 13.2 Å². The molecule has 0 aromatic heterocycles. The predicted molar refractivity (Wildman–Crippen MR) is 119 cm³/mol. The number of carbonyl (C=O) groups excluding carboxylic acids is 4. The first-order chi connectivity index (χ1) is 16.5. The molecule has 4 amide bonds. The number of hydrogen-bond acceptors (Lipinski definition) is 6. The summed E-state index contributed by atoms with van der Waals surface area (Å²) in [6, 6.07) is 12.5. The maximum atomic E-state index is 12.9. The van der Waals surface area contributed by atoms with Crippen molar-refractivity contribution in [3.8, 4) is 5.75 Å². The van der Waals surface area contributed by atoms with Crippen LogP contribution in [-0.4, -0.2) is 59.2 Å². The van der Waals surface area contributed by atoms with E-state index in [-0.39, 0.29) is 37.3 Å². The molecule has 5 rings (SSSR count). The molecule has 0 spiro atoms. The Morgan fingerprint density at radius 3 is 2.59 bits per heavy atom. The normalized spacial score (nSPS) is 20.4. The number of hydrogen-bond donors (Lipinski definition) is 1. The Morgan fingerprint density at radius 1 is 1.03 bits per heavy atom. The van der Waals surface area contributed by atoms with Gasteiger partial charge in [0.2, 0.25) is 17.7 Å². The summed E-state index contributed by atoms with van der Waals surface area (Å²) in [6.45, 7) is 2.42. The van der Waals surface area contributed by atoms with E-state index >= 15 is 0 Å². The lowest BCUT2D eigenvalue weighted by Gasteiger charge is -2.29. The van der Waals surface area contributed by atoms with Gasteiger partial charge in [0.1, 0.15) is 25.0 Å². The minimum Gasteiger partial charge on any atom is -0.489 e. The van der Waals surface area contributed by atoms with Gasteiger partial charge in [-0.1, -0.05) is 30.3 Å². The Morgan fingerprint density at radius 2 is 1.82 bits per heavy atom. The van der Waals surface area contributed by atoms with Crippen LogP contribution in [0.4, 0.5) is 0 Å². The molecule has 2 aromatic carbocycles. The molecule has 1 N–H and O–H groups in total. The zero-order chi connectivity index (χ0) is 23.7. The second-order valence-corrected chi connectivity index (χ2v) is 8.66. The number of morpholine rings is 1. The van der Waals surface area contributed by atoms with Crippen molar-refractivity contribution in [2.75, 3.05) is 19.8 Å². The smallest absolute Gasteiger partial charge is 0.255 e. The minimum atomic E-state index is -0.656. The highest BCUT2D eigenvalue weighted by Gasteiger charge is 2.40. The maximum Gasteiger partial charge on any atom is 0.255 e. The summed E-state index contributed by atoms with van der Waals surface area (Å²) in [6.07, 6.45) is 0.540. The van der Waals surface area contributed by atoms with Crippen LogP contribution in [0, 0.1) is 0 Å². The van der Waals surface area contributed by atoms with Crippen LogP contribution in [0.5, 0.6) is 5.75 Å². The van der Waals surface area contributed by atoms with Crippen LogP contribution in [0.3, 0.4) is 0 Å². The highest BCUT2D eigenvalue weighted by molar-refractivity contribution is 6.05. The molecule has 0 aliphatic carbocycles. The fourth-order valence-corrected chi connectivity index (χ4v) is 4.53. The maximum absolute atomic E-state index is 12.9. The van der Waals surface area contributed by atoms with Crippen molar-refractivity contribution in [1.82, 2.24) is 15.1 Å². The molecule has 34 heavy (non-hydrogen) atoms. The van der Waals surface area contributed by atoms with E-state index in [0.29, 0.717) is 44.0 Å². The lowest BCUT2D eigenvalue weighted by atomic mass is 10.0. The molecule has 0 unspecified atom stereocenters. The lowest BCUT2D eigenvalue weighted by molar-refractivity contribution is -0.143. The van der Waals surface area contributed by atoms with E-state index in [9.17, 15) is 19.2 Å². The lowest BCUT2D eigenvalue weighted by Crippen LogP contribution is -2.52. The molecule has 2 saturated heterocycles. The van der Waals surface area contributed by atoms with E-state index in [1.807, 2.05) is 30.3 Å². The van der Waals surface area contributed by atoms with E-state index in [4.69, 9.17) is 9.47 Å². The average Bonchev–Trinajstić information content (AvgIpc) is 3.17. The van der Waals surface area contributed by atoms with Crippen molar-refractivity contribution in [3.05, 3.63) is 64.7 Å². The van der Waals surface area contributed by atoms with Gasteiger partial charge in [0.15, 0.2) is 0 Å². The number of fused-ring (bicyclic) bond motifs is 1. The van der Waals surface area contributed by atoms with E-state index in [0.717, 1.165) is 16.7 Å². The van der Waals surface area contributed by atoms with Crippen LogP contribution in [0.1, 0.15) is 39.9 Å². The van der Waals surface area contributed by atoms with Gasteiger partial charge in [-0.25, -0.2) is 0 Å². The van der Waals surface area contributed by atoms with Crippen molar-refractivity contribution in [2.24, 2.45) is 0 Å². The molecule has 9 nitrogen and oxygen atoms in total. The summed E-state index contributed by atoms with van der Waals surface area (Å²) in [5.74, 6) is -0.367. The predicted octanol–water partition coefficient (Wildman–Crippen LogP) is 1.39. The van der Waals surface area contributed by atoms with Crippen LogP contribution in [-0.2, 0) is 38.8 Å². The largest absolute Gasteiger partial charge is 0.489 e. The van der Waals surface area contributed by atoms with E-state index < -0.39 is 11.9 Å². The van der Waals surface area contributed by atoms with Crippen LogP contribution in [0.2, 0.25) is 0 Å². The third-order valence-electron chi connectivity index (χ3n) is 6.41. The molecule has 0 radical (unpaired) electrons. The van der Waals surface area contributed by atoms with Gasteiger partial charge in [-0.05, 0) is 29.7 Å². The molecule has 0 saturated carbocycles. The summed E-state index contributed by atoms with van der Waals surface area (Å²) < 4.78 is 11.2. The minimum absolute atomic E-state index is 0.00232. The topological polar surface area (TPSA) is 105 Å². The van der Waals surface area contributed by atoms with Gasteiger partial charge in [-0.2, -0.15) is 0 Å². The summed E-state index contributed by atoms with van der Waals surface area (Å²) in [7, 11) is 0. The molecular formula is C25H25N3O6. The Kier molecular flexibility index (Phi) is 6.02. The Labute approximate surface area is 196 Å². The molecule has 2 aromatic rings. The SMILES string of the molecule is O=C1CC[C@@H](N2Cc3c(OCc4ccc(CN5CCOCC5=O)cc4)cccc3C2=O)C(=O)N1. The van der Waals surface area contributed by atoms with Gasteiger partial charge >= 0.3 is 0 Å². The number of rotatable bonds is 6. The van der Waals surface area contributed by atoms with Crippen LogP contribution < -0.4 is 10.1 Å². The third kappa shape index (κ3) is 4.38. The molecule has 3 heterocycles. The standard InChI is InChI=1S/C25H25N3O6/c29-22-9-8-20(24(31)26-22)28-13-19-18(25(28)32)2-1-3-21(19)34-14-17-6-4-16(5-7-17)12-27-10-11-33-15-23(27)30/h1-7,20H,8-15H2,(H,26,29,31)/t20-/m1/s1. The van der Waals surface area contributed by atoms with Crippen molar-refractivity contribution in [1.29, 1.82) is 0 Å². The number of nitrogens with zero attached hydrogens (tertiary/aromatic N) is 2. The highest BCUT2D eigenvalue weighted by atomic mass is 16.5. The Bertz CT molecular complexity index is 1150. The number of amides is 4. The van der Waals surface area contributed by atoms with Gasteiger partial charge in [-0.15, -0.1) is 0 Å². The fraction of sp³-hybridized carbons (Fsp3) is 0.360. The summed E-state index contributed by atoms with van der Waals surface area (Å²) in [5.41, 5.74) is 3.26. The summed E-state index contributed by atoms with van der Waals surface area (Å²) in [4.78, 5) is 51.9. The zero-order valence-electron chi connectivity index (χ0n) is 18.6. The molecule has 3 aliphatic heterocycles. The Balaban J connectivity index is 1.23. The number of carbonyl (C=O) groups is 4. The number of nitrogens with one attached hydrogen (secondary N) is 1. The monoisotopic (exact) mass is 463 g/mol. The van der Waals surface area contributed by atoms with Crippen molar-refractivity contribution >= 4 is 23.6 Å². The first-order valence-electron chi connectivity index (χ1n) is 11.3. The Hall–Kier alpha value is -3.72. The van der Waals surface area contributed by atoms with Crippen LogP contribution >= 0.6 is 0 Å². The summed E-state index contributed by atoms with van der Waals surface area (Å²) in [5, 5.41) is 2.32. The molecule has 9 heteroatoms. The average molecular weight is 463 g/mol. The second-order valence-electron chi connectivity index (χ2n) is 8.66. The molecule has 2 fully saturated rings. The molecular weight excluding hydrogens is 438 g/mol. The van der Waals surface area contributed by atoms with Crippen molar-refractivity contribution in [3.63, 3.8) is 0 Å². The van der Waals surface area contributed by atoms with E-state index in [2.05, 4.69) is 5.32 Å². The zero-order valence-corrected chi connectivity index (χ0v) is 18.6. The fourth-order valence-electron chi connectivity index (χ4n) is 4.53. The molecule has 3 aliphatic rings.